The summed E-state index contributed by atoms with van der Waals surface area (Å²) in [4.78, 5) is 25.4. The molecule has 5 nitrogen and oxygen atoms in total. The number of benzene rings is 1. The van der Waals surface area contributed by atoms with Crippen LogP contribution in [0.5, 0.6) is 0 Å². The Balaban J connectivity index is 1.59. The molecule has 0 unspecified atom stereocenters. The van der Waals surface area contributed by atoms with Crippen LogP contribution in [0.15, 0.2) is 30.6 Å². The van der Waals surface area contributed by atoms with Crippen LogP contribution in [-0.4, -0.2) is 52.0 Å². The van der Waals surface area contributed by atoms with Gasteiger partial charge in [-0.25, -0.2) is 19.2 Å². The third-order valence-corrected chi connectivity index (χ3v) is 5.03. The zero-order valence-corrected chi connectivity index (χ0v) is 14.1. The maximum absolute atomic E-state index is 13.6. The van der Waals surface area contributed by atoms with Crippen molar-refractivity contribution in [3.05, 3.63) is 47.7 Å². The standard InChI is InChI=1S/C19H21FN4O/c20-15-5-3-4-14(12-15)18-16-6-10-24(11-7-17(16)21-13-22-18)19(25)23-8-1-2-9-23/h3-5,12-13H,1-2,6-11H2. The minimum absolute atomic E-state index is 0.130. The molecule has 2 amide bonds. The topological polar surface area (TPSA) is 49.3 Å². The fourth-order valence-corrected chi connectivity index (χ4v) is 3.71. The molecule has 6 heteroatoms. The second-order valence-corrected chi connectivity index (χ2v) is 6.62. The van der Waals surface area contributed by atoms with E-state index in [1.165, 1.54) is 18.5 Å². The number of hydrogen-bond acceptors (Lipinski definition) is 3. The second kappa shape index (κ2) is 6.78. The first-order valence-corrected chi connectivity index (χ1v) is 8.85. The Morgan fingerprint density at radius 3 is 2.56 bits per heavy atom. The van der Waals surface area contributed by atoms with Crippen molar-refractivity contribution in [3.8, 4) is 11.3 Å². The number of aromatic nitrogens is 2. The molecule has 1 saturated heterocycles. The molecule has 0 bridgehead atoms. The van der Waals surface area contributed by atoms with Gasteiger partial charge in [-0.1, -0.05) is 12.1 Å². The quantitative estimate of drug-likeness (QED) is 0.802. The summed E-state index contributed by atoms with van der Waals surface area (Å²) in [6.45, 7) is 3.03. The number of carbonyl (C=O) groups excluding carboxylic acids is 1. The highest BCUT2D eigenvalue weighted by atomic mass is 19.1. The maximum Gasteiger partial charge on any atom is 0.320 e. The molecule has 25 heavy (non-hydrogen) atoms. The predicted octanol–water partition coefficient (Wildman–Crippen LogP) is 2.90. The van der Waals surface area contributed by atoms with E-state index in [0.29, 0.717) is 25.9 Å². The Morgan fingerprint density at radius 2 is 1.76 bits per heavy atom. The fraction of sp³-hybridized carbons (Fsp3) is 0.421. The Morgan fingerprint density at radius 1 is 1.00 bits per heavy atom. The monoisotopic (exact) mass is 340 g/mol. The average molecular weight is 340 g/mol. The number of likely N-dealkylation sites (tertiary alicyclic amines) is 1. The van der Waals surface area contributed by atoms with E-state index in [2.05, 4.69) is 9.97 Å². The Labute approximate surface area is 146 Å². The van der Waals surface area contributed by atoms with Gasteiger partial charge in [-0.2, -0.15) is 0 Å². The van der Waals surface area contributed by atoms with Crippen LogP contribution in [0.1, 0.15) is 24.1 Å². The van der Waals surface area contributed by atoms with Crippen LogP contribution < -0.4 is 0 Å². The number of rotatable bonds is 1. The van der Waals surface area contributed by atoms with Gasteiger partial charge in [0, 0.05) is 49.4 Å². The molecule has 1 aromatic heterocycles. The largest absolute Gasteiger partial charge is 0.325 e. The van der Waals surface area contributed by atoms with E-state index >= 15 is 0 Å². The molecule has 0 spiro atoms. The summed E-state index contributed by atoms with van der Waals surface area (Å²) in [7, 11) is 0. The summed E-state index contributed by atoms with van der Waals surface area (Å²) in [6, 6.07) is 6.62. The highest BCUT2D eigenvalue weighted by molar-refractivity contribution is 5.75. The van der Waals surface area contributed by atoms with E-state index in [1.54, 1.807) is 6.07 Å². The van der Waals surface area contributed by atoms with E-state index in [1.807, 2.05) is 15.9 Å². The van der Waals surface area contributed by atoms with Gasteiger partial charge in [0.15, 0.2) is 0 Å². The number of carbonyl (C=O) groups is 1. The molecule has 1 fully saturated rings. The molecule has 2 aliphatic rings. The number of amides is 2. The van der Waals surface area contributed by atoms with Crippen molar-refractivity contribution in [2.75, 3.05) is 26.2 Å². The number of hydrogen-bond donors (Lipinski definition) is 0. The SMILES string of the molecule is O=C(N1CCCC1)N1CCc2ncnc(-c3cccc(F)c3)c2CC1. The number of fused-ring (bicyclic) bond motifs is 1. The molecule has 4 rings (SSSR count). The van der Waals surface area contributed by atoms with Gasteiger partial charge in [-0.15, -0.1) is 0 Å². The molecule has 2 aliphatic heterocycles. The molecular formula is C19H21FN4O. The van der Waals surface area contributed by atoms with Gasteiger partial charge in [0.1, 0.15) is 12.1 Å². The summed E-state index contributed by atoms with van der Waals surface area (Å²) < 4.78 is 13.6. The summed E-state index contributed by atoms with van der Waals surface area (Å²) in [5.41, 5.74) is 3.54. The first kappa shape index (κ1) is 16.0. The third-order valence-electron chi connectivity index (χ3n) is 5.03. The number of nitrogens with zero attached hydrogens (tertiary/aromatic N) is 4. The lowest BCUT2D eigenvalue weighted by Gasteiger charge is -2.26. The Bertz CT molecular complexity index is 789. The Hall–Kier alpha value is -2.50. The molecule has 2 aromatic rings. The van der Waals surface area contributed by atoms with Crippen molar-refractivity contribution in [1.29, 1.82) is 0 Å². The number of halogens is 1. The van der Waals surface area contributed by atoms with Crippen molar-refractivity contribution in [1.82, 2.24) is 19.8 Å². The minimum Gasteiger partial charge on any atom is -0.325 e. The van der Waals surface area contributed by atoms with Gasteiger partial charge in [-0.05, 0) is 31.4 Å². The van der Waals surface area contributed by atoms with Gasteiger partial charge < -0.3 is 9.80 Å². The smallest absolute Gasteiger partial charge is 0.320 e. The highest BCUT2D eigenvalue weighted by Crippen LogP contribution is 2.26. The van der Waals surface area contributed by atoms with Crippen molar-refractivity contribution < 1.29 is 9.18 Å². The first-order chi connectivity index (χ1) is 12.2. The molecular weight excluding hydrogens is 319 g/mol. The van der Waals surface area contributed by atoms with Gasteiger partial charge in [0.2, 0.25) is 0 Å². The summed E-state index contributed by atoms with van der Waals surface area (Å²) in [6.07, 6.45) is 5.13. The van der Waals surface area contributed by atoms with Crippen LogP contribution >= 0.6 is 0 Å². The van der Waals surface area contributed by atoms with Crippen LogP contribution in [0.2, 0.25) is 0 Å². The number of urea groups is 1. The predicted molar refractivity (Wildman–Crippen MR) is 92.6 cm³/mol. The van der Waals surface area contributed by atoms with Crippen LogP contribution in [0, 0.1) is 5.82 Å². The van der Waals surface area contributed by atoms with Crippen LogP contribution in [-0.2, 0) is 12.8 Å². The van der Waals surface area contributed by atoms with E-state index < -0.39 is 0 Å². The summed E-state index contributed by atoms with van der Waals surface area (Å²) in [5.74, 6) is -0.274. The van der Waals surface area contributed by atoms with Crippen molar-refractivity contribution in [2.45, 2.75) is 25.7 Å². The van der Waals surface area contributed by atoms with Crippen molar-refractivity contribution in [3.63, 3.8) is 0 Å². The van der Waals surface area contributed by atoms with Gasteiger partial charge in [0.25, 0.3) is 0 Å². The maximum atomic E-state index is 13.6. The summed E-state index contributed by atoms with van der Waals surface area (Å²) >= 11 is 0. The van der Waals surface area contributed by atoms with E-state index in [9.17, 15) is 9.18 Å². The third kappa shape index (κ3) is 3.21. The molecule has 0 radical (unpaired) electrons. The molecule has 0 aliphatic carbocycles. The van der Waals surface area contributed by atoms with Crippen molar-refractivity contribution >= 4 is 6.03 Å². The van der Waals surface area contributed by atoms with E-state index in [-0.39, 0.29) is 11.8 Å². The normalized spacial score (nSPS) is 17.3. The van der Waals surface area contributed by atoms with Crippen LogP contribution in [0.3, 0.4) is 0 Å². The van der Waals surface area contributed by atoms with E-state index in [4.69, 9.17) is 0 Å². The van der Waals surface area contributed by atoms with Gasteiger partial charge >= 0.3 is 6.03 Å². The lowest BCUT2D eigenvalue weighted by atomic mass is 10.0. The minimum atomic E-state index is -0.274. The molecule has 0 N–H and O–H groups in total. The average Bonchev–Trinajstić information content (AvgIpc) is 3.07. The van der Waals surface area contributed by atoms with Crippen molar-refractivity contribution in [2.24, 2.45) is 0 Å². The molecule has 3 heterocycles. The van der Waals surface area contributed by atoms with E-state index in [0.717, 1.165) is 48.4 Å². The lowest BCUT2D eigenvalue weighted by molar-refractivity contribution is 0.164. The highest BCUT2D eigenvalue weighted by Gasteiger charge is 2.26. The van der Waals surface area contributed by atoms with Crippen LogP contribution in [0.25, 0.3) is 11.3 Å². The molecule has 0 saturated carbocycles. The molecule has 1 aromatic carbocycles. The summed E-state index contributed by atoms with van der Waals surface area (Å²) in [5, 5.41) is 0. The first-order valence-electron chi connectivity index (χ1n) is 8.85. The molecule has 0 atom stereocenters. The van der Waals surface area contributed by atoms with Gasteiger partial charge in [-0.3, -0.25) is 0 Å². The zero-order chi connectivity index (χ0) is 17.2. The van der Waals surface area contributed by atoms with Gasteiger partial charge in [0.05, 0.1) is 5.69 Å². The Kier molecular flexibility index (Phi) is 4.34. The van der Waals surface area contributed by atoms with Crippen LogP contribution in [0.4, 0.5) is 9.18 Å². The zero-order valence-electron chi connectivity index (χ0n) is 14.1. The fourth-order valence-electron chi connectivity index (χ4n) is 3.71. The lowest BCUT2D eigenvalue weighted by Crippen LogP contribution is -2.42. The molecule has 130 valence electrons. The second-order valence-electron chi connectivity index (χ2n) is 6.62.